The monoisotopic (exact) mass is 261 g/mol. The van der Waals surface area contributed by atoms with E-state index in [0.29, 0.717) is 19.6 Å². The summed E-state index contributed by atoms with van der Waals surface area (Å²) in [5.74, 6) is 0.272. The number of carbonyl (C=O) groups is 1. The Labute approximate surface area is 113 Å². The second-order valence-electron chi connectivity index (χ2n) is 4.72. The second-order valence-corrected chi connectivity index (χ2v) is 4.72. The standard InChI is InChI=1S/C15H19NO3/c1-2-8-19-14-6-7-16(11-14)15(18)10-12-4-3-5-13(17)9-12/h2-5,9,14,17H,1,6-8,10-11H2/t14-/m1/s1. The van der Waals surface area contributed by atoms with Crippen molar-refractivity contribution < 1.29 is 14.6 Å². The minimum Gasteiger partial charge on any atom is -0.508 e. The molecule has 2 rings (SSSR count). The Balaban J connectivity index is 1.86. The number of phenols is 1. The van der Waals surface area contributed by atoms with E-state index >= 15 is 0 Å². The maximum atomic E-state index is 12.1. The topological polar surface area (TPSA) is 49.8 Å². The molecule has 1 aromatic carbocycles. The molecule has 1 aromatic rings. The number of nitrogens with zero attached hydrogens (tertiary/aromatic N) is 1. The molecule has 0 radical (unpaired) electrons. The van der Waals surface area contributed by atoms with Gasteiger partial charge in [0, 0.05) is 13.1 Å². The van der Waals surface area contributed by atoms with Gasteiger partial charge >= 0.3 is 0 Å². The quantitative estimate of drug-likeness (QED) is 0.821. The largest absolute Gasteiger partial charge is 0.508 e. The Morgan fingerprint density at radius 3 is 3.16 bits per heavy atom. The molecule has 0 unspecified atom stereocenters. The number of hydrogen-bond acceptors (Lipinski definition) is 3. The lowest BCUT2D eigenvalue weighted by Gasteiger charge is -2.16. The van der Waals surface area contributed by atoms with Crippen LogP contribution in [0.5, 0.6) is 5.75 Å². The van der Waals surface area contributed by atoms with E-state index in [4.69, 9.17) is 4.74 Å². The van der Waals surface area contributed by atoms with Crippen LogP contribution >= 0.6 is 0 Å². The third-order valence-electron chi connectivity index (χ3n) is 3.21. The van der Waals surface area contributed by atoms with Crippen molar-refractivity contribution in [3.63, 3.8) is 0 Å². The highest BCUT2D eigenvalue weighted by Crippen LogP contribution is 2.16. The molecular weight excluding hydrogens is 242 g/mol. The van der Waals surface area contributed by atoms with E-state index in [9.17, 15) is 9.90 Å². The number of carbonyl (C=O) groups excluding carboxylic acids is 1. The summed E-state index contributed by atoms with van der Waals surface area (Å²) < 4.78 is 5.55. The Morgan fingerprint density at radius 1 is 1.58 bits per heavy atom. The van der Waals surface area contributed by atoms with Crippen LogP contribution in [0.3, 0.4) is 0 Å². The molecule has 0 bridgehead atoms. The molecule has 19 heavy (non-hydrogen) atoms. The highest BCUT2D eigenvalue weighted by Gasteiger charge is 2.26. The molecule has 1 aliphatic rings. The summed E-state index contributed by atoms with van der Waals surface area (Å²) >= 11 is 0. The van der Waals surface area contributed by atoms with Gasteiger partial charge in [-0.05, 0) is 24.1 Å². The van der Waals surface area contributed by atoms with Gasteiger partial charge in [-0.25, -0.2) is 0 Å². The van der Waals surface area contributed by atoms with Gasteiger partial charge in [0.1, 0.15) is 5.75 Å². The van der Waals surface area contributed by atoms with E-state index < -0.39 is 0 Å². The molecule has 0 aliphatic carbocycles. The molecule has 0 aromatic heterocycles. The zero-order valence-electron chi connectivity index (χ0n) is 10.9. The summed E-state index contributed by atoms with van der Waals surface area (Å²) in [6.45, 7) is 5.52. The fourth-order valence-corrected chi connectivity index (χ4v) is 2.25. The van der Waals surface area contributed by atoms with E-state index in [2.05, 4.69) is 6.58 Å². The number of amides is 1. The molecule has 1 heterocycles. The van der Waals surface area contributed by atoms with E-state index in [1.807, 2.05) is 11.0 Å². The van der Waals surface area contributed by atoms with Crippen LogP contribution < -0.4 is 0 Å². The molecule has 1 saturated heterocycles. The smallest absolute Gasteiger partial charge is 0.227 e. The molecule has 4 nitrogen and oxygen atoms in total. The Hall–Kier alpha value is -1.81. The normalized spacial score (nSPS) is 18.5. The van der Waals surface area contributed by atoms with Crippen LogP contribution in [0.1, 0.15) is 12.0 Å². The van der Waals surface area contributed by atoms with Crippen molar-refractivity contribution in [3.8, 4) is 5.75 Å². The first-order valence-electron chi connectivity index (χ1n) is 6.47. The van der Waals surface area contributed by atoms with Gasteiger partial charge in [-0.15, -0.1) is 6.58 Å². The van der Waals surface area contributed by atoms with Crippen molar-refractivity contribution in [2.75, 3.05) is 19.7 Å². The van der Waals surface area contributed by atoms with Crippen molar-refractivity contribution in [2.24, 2.45) is 0 Å². The Bertz CT molecular complexity index is 458. The number of phenolic OH excluding ortho intramolecular Hbond substituents is 1. The van der Waals surface area contributed by atoms with Gasteiger partial charge in [0.2, 0.25) is 5.91 Å². The first-order valence-corrected chi connectivity index (χ1v) is 6.47. The van der Waals surface area contributed by atoms with Crippen LogP contribution in [0.2, 0.25) is 0 Å². The lowest BCUT2D eigenvalue weighted by Crippen LogP contribution is -2.31. The van der Waals surface area contributed by atoms with Crippen molar-refractivity contribution in [3.05, 3.63) is 42.5 Å². The van der Waals surface area contributed by atoms with Gasteiger partial charge in [0.15, 0.2) is 0 Å². The zero-order valence-corrected chi connectivity index (χ0v) is 10.9. The van der Waals surface area contributed by atoms with Crippen molar-refractivity contribution in [1.82, 2.24) is 4.90 Å². The SMILES string of the molecule is C=CCO[C@@H]1CCN(C(=O)Cc2cccc(O)c2)C1. The lowest BCUT2D eigenvalue weighted by atomic mass is 10.1. The molecule has 102 valence electrons. The van der Waals surface area contributed by atoms with Crippen LogP contribution in [0.4, 0.5) is 0 Å². The molecule has 1 fully saturated rings. The predicted molar refractivity (Wildman–Crippen MR) is 72.9 cm³/mol. The number of aromatic hydroxyl groups is 1. The second kappa shape index (κ2) is 6.38. The average Bonchev–Trinajstić information content (AvgIpc) is 2.85. The summed E-state index contributed by atoms with van der Waals surface area (Å²) in [4.78, 5) is 13.9. The van der Waals surface area contributed by atoms with Gasteiger partial charge in [-0.1, -0.05) is 18.2 Å². The molecule has 1 amide bonds. The molecule has 4 heteroatoms. The number of benzene rings is 1. The van der Waals surface area contributed by atoms with E-state index in [1.54, 1.807) is 24.3 Å². The molecule has 1 N–H and O–H groups in total. The predicted octanol–water partition coefficient (Wildman–Crippen LogP) is 1.74. The minimum atomic E-state index is 0.0790. The van der Waals surface area contributed by atoms with E-state index in [1.165, 1.54) is 0 Å². The van der Waals surface area contributed by atoms with Crippen molar-refractivity contribution in [2.45, 2.75) is 18.9 Å². The molecule has 0 spiro atoms. The summed E-state index contributed by atoms with van der Waals surface area (Å²) in [6, 6.07) is 6.82. The van der Waals surface area contributed by atoms with Crippen LogP contribution in [-0.4, -0.2) is 41.7 Å². The van der Waals surface area contributed by atoms with E-state index in [0.717, 1.165) is 18.5 Å². The molecular formula is C15H19NO3. The zero-order chi connectivity index (χ0) is 13.7. The molecule has 0 saturated carbocycles. The Morgan fingerprint density at radius 2 is 2.42 bits per heavy atom. The highest BCUT2D eigenvalue weighted by atomic mass is 16.5. The summed E-state index contributed by atoms with van der Waals surface area (Å²) in [7, 11) is 0. The van der Waals surface area contributed by atoms with Crippen molar-refractivity contribution >= 4 is 5.91 Å². The highest BCUT2D eigenvalue weighted by molar-refractivity contribution is 5.79. The summed E-state index contributed by atoms with van der Waals surface area (Å²) in [6.07, 6.45) is 3.03. The fourth-order valence-electron chi connectivity index (χ4n) is 2.25. The molecule has 1 atom stereocenters. The number of hydrogen-bond donors (Lipinski definition) is 1. The maximum Gasteiger partial charge on any atom is 0.227 e. The third kappa shape index (κ3) is 3.83. The van der Waals surface area contributed by atoms with Gasteiger partial charge in [0.25, 0.3) is 0 Å². The van der Waals surface area contributed by atoms with Gasteiger partial charge < -0.3 is 14.7 Å². The number of likely N-dealkylation sites (tertiary alicyclic amines) is 1. The summed E-state index contributed by atoms with van der Waals surface area (Å²) in [5.41, 5.74) is 0.834. The number of ether oxygens (including phenoxy) is 1. The minimum absolute atomic E-state index is 0.0790. The third-order valence-corrected chi connectivity index (χ3v) is 3.21. The Kier molecular flexibility index (Phi) is 4.58. The fraction of sp³-hybridized carbons (Fsp3) is 0.400. The first kappa shape index (κ1) is 13.6. The van der Waals surface area contributed by atoms with Gasteiger partial charge in [0.05, 0.1) is 19.1 Å². The van der Waals surface area contributed by atoms with Crippen LogP contribution in [0.25, 0.3) is 0 Å². The average molecular weight is 261 g/mol. The maximum absolute atomic E-state index is 12.1. The number of rotatable bonds is 5. The lowest BCUT2D eigenvalue weighted by molar-refractivity contribution is -0.129. The van der Waals surface area contributed by atoms with Gasteiger partial charge in [-0.3, -0.25) is 4.79 Å². The van der Waals surface area contributed by atoms with Crippen LogP contribution in [0, 0.1) is 0 Å². The van der Waals surface area contributed by atoms with Crippen LogP contribution in [-0.2, 0) is 16.0 Å². The van der Waals surface area contributed by atoms with Gasteiger partial charge in [-0.2, -0.15) is 0 Å². The van der Waals surface area contributed by atoms with Crippen molar-refractivity contribution in [1.29, 1.82) is 0 Å². The first-order chi connectivity index (χ1) is 9.19. The van der Waals surface area contributed by atoms with Crippen LogP contribution in [0.15, 0.2) is 36.9 Å². The molecule has 1 aliphatic heterocycles. The van der Waals surface area contributed by atoms with E-state index in [-0.39, 0.29) is 17.8 Å². The summed E-state index contributed by atoms with van der Waals surface area (Å²) in [5, 5.41) is 9.38.